The molecule has 0 fully saturated rings. The molecule has 4 rings (SSSR count). The van der Waals surface area contributed by atoms with Crippen LogP contribution in [0.2, 0.25) is 0 Å². The maximum absolute atomic E-state index is 13.5. The van der Waals surface area contributed by atoms with Crippen LogP contribution in [0.5, 0.6) is 11.5 Å². The summed E-state index contributed by atoms with van der Waals surface area (Å²) in [5.41, 5.74) is 4.91. The van der Waals surface area contributed by atoms with Crippen LogP contribution in [0.1, 0.15) is 89.3 Å². The second kappa shape index (κ2) is 9.88. The first kappa shape index (κ1) is 25.0. The summed E-state index contributed by atoms with van der Waals surface area (Å²) in [4.78, 5) is 26.2. The number of hydrogen-bond acceptors (Lipinski definition) is 4. The van der Waals surface area contributed by atoms with Gasteiger partial charge in [0.1, 0.15) is 0 Å². The van der Waals surface area contributed by atoms with Gasteiger partial charge in [0.25, 0.3) is 0 Å². The third kappa shape index (κ3) is 5.44. The fourth-order valence-corrected chi connectivity index (χ4v) is 5.10. The van der Waals surface area contributed by atoms with Crippen molar-refractivity contribution in [1.29, 1.82) is 0 Å². The molecule has 1 aliphatic heterocycles. The van der Waals surface area contributed by atoms with Crippen LogP contribution in [0, 0.1) is 0 Å². The smallest absolute Gasteiger partial charge is 0.225 e. The summed E-state index contributed by atoms with van der Waals surface area (Å²) >= 11 is 0. The number of allylic oxidation sites excluding steroid dienone is 2. The molecule has 0 spiro atoms. The number of hydrogen-bond donors (Lipinski definition) is 1. The SMILES string of the molecule is CCOc1cc(C2CC(=O)NC3=C2C(=O)CC(c2ccc(C(C)(C)C)cc2)C3)ccc1OC(C)C. The Kier molecular flexibility index (Phi) is 7.07. The second-order valence-corrected chi connectivity index (χ2v) is 10.9. The summed E-state index contributed by atoms with van der Waals surface area (Å²) in [6.45, 7) is 13.0. The molecule has 2 unspecified atom stereocenters. The monoisotopic (exact) mass is 475 g/mol. The van der Waals surface area contributed by atoms with E-state index in [0.29, 0.717) is 30.9 Å². The van der Waals surface area contributed by atoms with Crippen LogP contribution in [-0.4, -0.2) is 24.4 Å². The summed E-state index contributed by atoms with van der Waals surface area (Å²) in [5.74, 6) is 1.17. The maximum atomic E-state index is 13.5. The summed E-state index contributed by atoms with van der Waals surface area (Å²) in [7, 11) is 0. The standard InChI is InChI=1S/C30H37NO4/c1-7-34-27-16-20(10-13-26(27)35-18(2)3)23-17-28(33)31-24-14-21(15-25(32)29(23)24)19-8-11-22(12-9-19)30(4,5)6/h8-13,16,18,21,23H,7,14-15,17H2,1-6H3,(H,31,33). The van der Waals surface area contributed by atoms with E-state index in [4.69, 9.17) is 9.47 Å². The average Bonchev–Trinajstić information content (AvgIpc) is 2.78. The molecular formula is C30H37NO4. The molecule has 1 heterocycles. The van der Waals surface area contributed by atoms with E-state index in [9.17, 15) is 9.59 Å². The molecule has 0 aromatic heterocycles. The molecule has 1 aliphatic carbocycles. The number of benzene rings is 2. The molecule has 0 saturated heterocycles. The van der Waals surface area contributed by atoms with Crippen molar-refractivity contribution in [3.63, 3.8) is 0 Å². The minimum Gasteiger partial charge on any atom is -0.490 e. The Morgan fingerprint density at radius 2 is 1.63 bits per heavy atom. The van der Waals surface area contributed by atoms with Crippen molar-refractivity contribution in [3.05, 3.63) is 70.4 Å². The number of ketones is 1. The molecular weight excluding hydrogens is 438 g/mol. The zero-order chi connectivity index (χ0) is 25.3. The highest BCUT2D eigenvalue weighted by Crippen LogP contribution is 2.44. The van der Waals surface area contributed by atoms with Crippen LogP contribution >= 0.6 is 0 Å². The molecule has 0 radical (unpaired) electrons. The Hall–Kier alpha value is -3.08. The number of amides is 1. The highest BCUT2D eigenvalue weighted by molar-refractivity contribution is 6.02. The van der Waals surface area contributed by atoms with E-state index in [2.05, 4.69) is 50.4 Å². The lowest BCUT2D eigenvalue weighted by Crippen LogP contribution is -2.38. The van der Waals surface area contributed by atoms with Gasteiger partial charge < -0.3 is 14.8 Å². The Morgan fingerprint density at radius 1 is 0.943 bits per heavy atom. The highest BCUT2D eigenvalue weighted by Gasteiger charge is 2.38. The lowest BCUT2D eigenvalue weighted by Gasteiger charge is -2.35. The normalized spacial score (nSPS) is 20.5. The van der Waals surface area contributed by atoms with Gasteiger partial charge in [0.15, 0.2) is 17.3 Å². The van der Waals surface area contributed by atoms with E-state index in [0.717, 1.165) is 22.4 Å². The fraction of sp³-hybridized carbons (Fsp3) is 0.467. The third-order valence-electron chi connectivity index (χ3n) is 6.82. The summed E-state index contributed by atoms with van der Waals surface area (Å²) in [6, 6.07) is 14.4. The lowest BCUT2D eigenvalue weighted by atomic mass is 9.73. The third-order valence-corrected chi connectivity index (χ3v) is 6.82. The number of carbonyl (C=O) groups excluding carboxylic acids is 2. The molecule has 0 saturated carbocycles. The molecule has 5 nitrogen and oxygen atoms in total. The molecule has 1 N–H and O–H groups in total. The first-order valence-corrected chi connectivity index (χ1v) is 12.7. The van der Waals surface area contributed by atoms with Gasteiger partial charge in [0.2, 0.25) is 5.91 Å². The second-order valence-electron chi connectivity index (χ2n) is 10.9. The van der Waals surface area contributed by atoms with Gasteiger partial charge in [-0.15, -0.1) is 0 Å². The van der Waals surface area contributed by atoms with Crippen LogP contribution in [0.15, 0.2) is 53.7 Å². The van der Waals surface area contributed by atoms with Gasteiger partial charge in [-0.3, -0.25) is 9.59 Å². The number of ether oxygens (including phenoxy) is 2. The van der Waals surface area contributed by atoms with Gasteiger partial charge in [0.05, 0.1) is 12.7 Å². The maximum Gasteiger partial charge on any atom is 0.225 e. The van der Waals surface area contributed by atoms with E-state index in [1.54, 1.807) is 0 Å². The molecule has 2 aliphatic rings. The van der Waals surface area contributed by atoms with E-state index < -0.39 is 0 Å². The Bertz CT molecular complexity index is 1140. The number of carbonyl (C=O) groups is 2. The molecule has 5 heteroatoms. The Labute approximate surface area is 208 Å². The Morgan fingerprint density at radius 3 is 2.26 bits per heavy atom. The van der Waals surface area contributed by atoms with Crippen LogP contribution in [0.25, 0.3) is 0 Å². The quantitative estimate of drug-likeness (QED) is 0.542. The number of rotatable bonds is 6. The number of Topliss-reactive ketones (excluding diaryl/α,β-unsaturated/α-hetero) is 1. The van der Waals surface area contributed by atoms with Crippen molar-refractivity contribution in [2.24, 2.45) is 0 Å². The van der Waals surface area contributed by atoms with Crippen molar-refractivity contribution in [1.82, 2.24) is 5.32 Å². The van der Waals surface area contributed by atoms with E-state index >= 15 is 0 Å². The van der Waals surface area contributed by atoms with Gasteiger partial charge in [-0.2, -0.15) is 0 Å². The van der Waals surface area contributed by atoms with Crippen LogP contribution in [0.3, 0.4) is 0 Å². The predicted molar refractivity (Wildman–Crippen MR) is 138 cm³/mol. The van der Waals surface area contributed by atoms with Crippen molar-refractivity contribution >= 4 is 11.7 Å². The van der Waals surface area contributed by atoms with Crippen molar-refractivity contribution in [2.45, 2.75) is 84.2 Å². The number of nitrogens with one attached hydrogen (secondary N) is 1. The molecule has 2 aromatic rings. The summed E-state index contributed by atoms with van der Waals surface area (Å²) in [6.07, 6.45) is 1.38. The van der Waals surface area contributed by atoms with Crippen molar-refractivity contribution in [2.75, 3.05) is 6.61 Å². The summed E-state index contributed by atoms with van der Waals surface area (Å²) < 4.78 is 11.7. The molecule has 35 heavy (non-hydrogen) atoms. The van der Waals surface area contributed by atoms with Crippen molar-refractivity contribution in [3.8, 4) is 11.5 Å². The fourth-order valence-electron chi connectivity index (χ4n) is 5.10. The first-order chi connectivity index (χ1) is 16.6. The van der Waals surface area contributed by atoms with E-state index in [-0.39, 0.29) is 41.5 Å². The largest absolute Gasteiger partial charge is 0.490 e. The minimum atomic E-state index is -0.275. The van der Waals surface area contributed by atoms with E-state index in [1.807, 2.05) is 39.0 Å². The predicted octanol–water partition coefficient (Wildman–Crippen LogP) is 6.17. The van der Waals surface area contributed by atoms with Gasteiger partial charge in [-0.1, -0.05) is 51.1 Å². The lowest BCUT2D eigenvalue weighted by molar-refractivity contribution is -0.122. The van der Waals surface area contributed by atoms with Crippen LogP contribution < -0.4 is 14.8 Å². The zero-order valence-corrected chi connectivity index (χ0v) is 21.7. The average molecular weight is 476 g/mol. The molecule has 0 bridgehead atoms. The topological polar surface area (TPSA) is 64.6 Å². The molecule has 2 aromatic carbocycles. The molecule has 186 valence electrons. The zero-order valence-electron chi connectivity index (χ0n) is 21.7. The summed E-state index contributed by atoms with van der Waals surface area (Å²) in [5, 5.41) is 3.03. The highest BCUT2D eigenvalue weighted by atomic mass is 16.5. The van der Waals surface area contributed by atoms with Crippen LogP contribution in [-0.2, 0) is 15.0 Å². The van der Waals surface area contributed by atoms with E-state index in [1.165, 1.54) is 5.56 Å². The molecule has 2 atom stereocenters. The van der Waals surface area contributed by atoms with Gasteiger partial charge in [-0.05, 0) is 67.3 Å². The van der Waals surface area contributed by atoms with Crippen molar-refractivity contribution < 1.29 is 19.1 Å². The Balaban J connectivity index is 1.65. The molecule has 1 amide bonds. The van der Waals surface area contributed by atoms with Gasteiger partial charge in [-0.25, -0.2) is 0 Å². The minimum absolute atomic E-state index is 0.0177. The van der Waals surface area contributed by atoms with Crippen LogP contribution in [0.4, 0.5) is 0 Å². The first-order valence-electron chi connectivity index (χ1n) is 12.7. The van der Waals surface area contributed by atoms with Gasteiger partial charge in [0, 0.05) is 30.0 Å². The van der Waals surface area contributed by atoms with Gasteiger partial charge >= 0.3 is 0 Å².